The van der Waals surface area contributed by atoms with E-state index in [1.54, 1.807) is 7.11 Å². The van der Waals surface area contributed by atoms with Gasteiger partial charge in [-0.3, -0.25) is 0 Å². The van der Waals surface area contributed by atoms with Gasteiger partial charge in [0, 0.05) is 5.70 Å². The monoisotopic (exact) mass is 310 g/mol. The van der Waals surface area contributed by atoms with Crippen molar-refractivity contribution in [3.8, 4) is 5.75 Å². The zero-order valence-electron chi connectivity index (χ0n) is 12.6. The number of hydrogen-bond donors (Lipinski definition) is 2. The van der Waals surface area contributed by atoms with Crippen molar-refractivity contribution < 1.29 is 4.74 Å². The van der Waals surface area contributed by atoms with E-state index in [9.17, 15) is 0 Å². The first-order valence-corrected chi connectivity index (χ1v) is 7.57. The summed E-state index contributed by atoms with van der Waals surface area (Å²) in [5.74, 6) is 0.843. The molecule has 1 atom stereocenters. The summed E-state index contributed by atoms with van der Waals surface area (Å²) in [4.78, 5) is 0. The molecule has 0 saturated carbocycles. The Kier molecular flexibility index (Phi) is 4.11. The molecule has 4 heteroatoms. The molecule has 1 aliphatic rings. The molecular formula is C18H18N2OS. The SMILES string of the molecule is COc1ccc(C2=CC(c3ccc(C)cc3)NC(=S)N2)cc1. The number of thiocarbonyl (C=S) groups is 1. The number of benzene rings is 2. The van der Waals surface area contributed by atoms with Crippen LogP contribution < -0.4 is 15.4 Å². The van der Waals surface area contributed by atoms with Crippen molar-refractivity contribution in [2.45, 2.75) is 13.0 Å². The highest BCUT2D eigenvalue weighted by molar-refractivity contribution is 7.80. The summed E-state index contributed by atoms with van der Waals surface area (Å²) in [7, 11) is 1.67. The molecule has 112 valence electrons. The third-order valence-corrected chi connectivity index (χ3v) is 3.93. The van der Waals surface area contributed by atoms with E-state index in [-0.39, 0.29) is 6.04 Å². The summed E-state index contributed by atoms with van der Waals surface area (Å²) in [5.41, 5.74) is 4.54. The second-order valence-corrected chi connectivity index (χ2v) is 5.70. The van der Waals surface area contributed by atoms with Crippen molar-refractivity contribution in [1.82, 2.24) is 10.6 Å². The first kappa shape index (κ1) is 14.6. The summed E-state index contributed by atoms with van der Waals surface area (Å²) in [6.07, 6.45) is 2.16. The summed E-state index contributed by atoms with van der Waals surface area (Å²) in [6, 6.07) is 16.5. The van der Waals surface area contributed by atoms with Crippen molar-refractivity contribution in [3.05, 3.63) is 71.3 Å². The molecule has 2 N–H and O–H groups in total. The Hall–Kier alpha value is -2.33. The van der Waals surface area contributed by atoms with Gasteiger partial charge in [-0.15, -0.1) is 0 Å². The lowest BCUT2D eigenvalue weighted by molar-refractivity contribution is 0.415. The molecule has 0 saturated heterocycles. The minimum absolute atomic E-state index is 0.0754. The number of rotatable bonds is 3. The van der Waals surface area contributed by atoms with Gasteiger partial charge in [0.2, 0.25) is 0 Å². The molecule has 3 rings (SSSR count). The maximum Gasteiger partial charge on any atom is 0.171 e. The van der Waals surface area contributed by atoms with E-state index in [4.69, 9.17) is 17.0 Å². The zero-order chi connectivity index (χ0) is 15.5. The lowest BCUT2D eigenvalue weighted by Gasteiger charge is -2.26. The Morgan fingerprint density at radius 2 is 1.68 bits per heavy atom. The fourth-order valence-corrected chi connectivity index (χ4v) is 2.68. The highest BCUT2D eigenvalue weighted by Crippen LogP contribution is 2.24. The van der Waals surface area contributed by atoms with Crippen LogP contribution in [0.15, 0.2) is 54.6 Å². The molecule has 0 spiro atoms. The number of hydrogen-bond acceptors (Lipinski definition) is 2. The van der Waals surface area contributed by atoms with Crippen LogP contribution in [-0.4, -0.2) is 12.2 Å². The third kappa shape index (κ3) is 3.12. The minimum atomic E-state index is 0.0754. The molecule has 1 aliphatic heterocycles. The van der Waals surface area contributed by atoms with Crippen LogP contribution in [0.25, 0.3) is 5.70 Å². The first-order valence-electron chi connectivity index (χ1n) is 7.16. The van der Waals surface area contributed by atoms with E-state index in [2.05, 4.69) is 47.9 Å². The number of aryl methyl sites for hydroxylation is 1. The maximum absolute atomic E-state index is 5.35. The van der Waals surface area contributed by atoms with Crippen LogP contribution in [0.5, 0.6) is 5.75 Å². The van der Waals surface area contributed by atoms with Gasteiger partial charge in [0.25, 0.3) is 0 Å². The van der Waals surface area contributed by atoms with Gasteiger partial charge < -0.3 is 15.4 Å². The third-order valence-electron chi connectivity index (χ3n) is 3.71. The van der Waals surface area contributed by atoms with Gasteiger partial charge in [-0.05, 0) is 60.6 Å². The van der Waals surface area contributed by atoms with Crippen LogP contribution in [-0.2, 0) is 0 Å². The van der Waals surface area contributed by atoms with E-state index < -0.39 is 0 Å². The van der Waals surface area contributed by atoms with E-state index in [1.807, 2.05) is 24.3 Å². The summed E-state index contributed by atoms with van der Waals surface area (Å²) < 4.78 is 5.20. The predicted octanol–water partition coefficient (Wildman–Crippen LogP) is 3.56. The fourth-order valence-electron chi connectivity index (χ4n) is 2.44. The molecule has 1 heterocycles. The molecule has 0 bridgehead atoms. The highest BCUT2D eigenvalue weighted by atomic mass is 32.1. The van der Waals surface area contributed by atoms with Gasteiger partial charge in [-0.25, -0.2) is 0 Å². The highest BCUT2D eigenvalue weighted by Gasteiger charge is 2.18. The van der Waals surface area contributed by atoms with Gasteiger partial charge in [0.15, 0.2) is 5.11 Å². The molecule has 2 aromatic rings. The molecule has 0 aromatic heterocycles. The van der Waals surface area contributed by atoms with Gasteiger partial charge >= 0.3 is 0 Å². The first-order chi connectivity index (χ1) is 10.7. The van der Waals surface area contributed by atoms with Gasteiger partial charge in [-0.1, -0.05) is 29.8 Å². The van der Waals surface area contributed by atoms with Crippen LogP contribution in [0.4, 0.5) is 0 Å². The van der Waals surface area contributed by atoms with Crippen LogP contribution in [0.1, 0.15) is 22.7 Å². The van der Waals surface area contributed by atoms with Gasteiger partial charge in [0.05, 0.1) is 13.2 Å². The smallest absolute Gasteiger partial charge is 0.171 e. The van der Waals surface area contributed by atoms with E-state index in [0.717, 1.165) is 17.0 Å². The Morgan fingerprint density at radius 3 is 2.32 bits per heavy atom. The molecule has 3 nitrogen and oxygen atoms in total. The Balaban J connectivity index is 1.92. The Bertz CT molecular complexity index is 705. The molecule has 0 fully saturated rings. The molecule has 0 aliphatic carbocycles. The fraction of sp³-hybridized carbons (Fsp3) is 0.167. The standard InChI is InChI=1S/C18H18N2OS/c1-12-3-5-13(6-4-12)16-11-17(20-18(22)19-16)14-7-9-15(21-2)10-8-14/h3-11,16H,1-2H3,(H2,19,20,22). The Labute approximate surface area is 136 Å². The summed E-state index contributed by atoms with van der Waals surface area (Å²) >= 11 is 5.35. The molecular weight excluding hydrogens is 292 g/mol. The maximum atomic E-state index is 5.35. The van der Waals surface area contributed by atoms with Crippen molar-refractivity contribution in [2.75, 3.05) is 7.11 Å². The minimum Gasteiger partial charge on any atom is -0.497 e. The van der Waals surface area contributed by atoms with Crippen LogP contribution in [0.2, 0.25) is 0 Å². The molecule has 2 aromatic carbocycles. The predicted molar refractivity (Wildman–Crippen MR) is 93.8 cm³/mol. The van der Waals surface area contributed by atoms with Gasteiger partial charge in [0.1, 0.15) is 5.75 Å². The second kappa shape index (κ2) is 6.20. The Morgan fingerprint density at radius 1 is 1.00 bits per heavy atom. The number of ether oxygens (including phenoxy) is 1. The summed E-state index contributed by atoms with van der Waals surface area (Å²) in [5, 5.41) is 7.15. The normalized spacial score (nSPS) is 17.3. The average molecular weight is 310 g/mol. The van der Waals surface area contributed by atoms with E-state index >= 15 is 0 Å². The van der Waals surface area contributed by atoms with Gasteiger partial charge in [-0.2, -0.15) is 0 Å². The lowest BCUT2D eigenvalue weighted by Crippen LogP contribution is -2.40. The molecule has 0 radical (unpaired) electrons. The second-order valence-electron chi connectivity index (χ2n) is 5.30. The van der Waals surface area contributed by atoms with Crippen molar-refractivity contribution in [2.24, 2.45) is 0 Å². The molecule has 0 amide bonds. The van der Waals surface area contributed by atoms with Crippen LogP contribution >= 0.6 is 12.2 Å². The molecule has 1 unspecified atom stereocenters. The topological polar surface area (TPSA) is 33.3 Å². The van der Waals surface area contributed by atoms with Crippen molar-refractivity contribution in [3.63, 3.8) is 0 Å². The number of nitrogens with one attached hydrogen (secondary N) is 2. The largest absolute Gasteiger partial charge is 0.497 e. The van der Waals surface area contributed by atoms with E-state index in [1.165, 1.54) is 11.1 Å². The van der Waals surface area contributed by atoms with Crippen LogP contribution in [0.3, 0.4) is 0 Å². The van der Waals surface area contributed by atoms with Crippen molar-refractivity contribution >= 4 is 23.0 Å². The number of methoxy groups -OCH3 is 1. The summed E-state index contributed by atoms with van der Waals surface area (Å²) in [6.45, 7) is 2.09. The van der Waals surface area contributed by atoms with E-state index in [0.29, 0.717) is 5.11 Å². The van der Waals surface area contributed by atoms with Crippen molar-refractivity contribution in [1.29, 1.82) is 0 Å². The lowest BCUT2D eigenvalue weighted by atomic mass is 10.0. The molecule has 22 heavy (non-hydrogen) atoms. The van der Waals surface area contributed by atoms with Crippen LogP contribution in [0, 0.1) is 6.92 Å². The quantitative estimate of drug-likeness (QED) is 0.849. The zero-order valence-corrected chi connectivity index (χ0v) is 13.4. The average Bonchev–Trinajstić information content (AvgIpc) is 2.55.